The predicted molar refractivity (Wildman–Crippen MR) is 113 cm³/mol. The minimum Gasteiger partial charge on any atom is -0.368 e. The number of rotatable bonds is 6. The van der Waals surface area contributed by atoms with Crippen LogP contribution >= 0.6 is 0 Å². The second-order valence-electron chi connectivity index (χ2n) is 7.84. The maximum Gasteiger partial charge on any atom is 0.251 e. The van der Waals surface area contributed by atoms with Gasteiger partial charge in [-0.1, -0.05) is 0 Å². The molecule has 2 saturated heterocycles. The maximum absolute atomic E-state index is 12.4. The van der Waals surface area contributed by atoms with Crippen LogP contribution in [0.1, 0.15) is 26.2 Å². The summed E-state index contributed by atoms with van der Waals surface area (Å²) < 4.78 is 7.69. The Morgan fingerprint density at radius 2 is 2.00 bits per heavy atom. The van der Waals surface area contributed by atoms with Crippen molar-refractivity contribution in [3.8, 4) is 0 Å². The van der Waals surface area contributed by atoms with E-state index in [9.17, 15) is 9.59 Å². The lowest BCUT2D eigenvalue weighted by Gasteiger charge is -2.35. The van der Waals surface area contributed by atoms with E-state index in [1.54, 1.807) is 0 Å². The molecular formula is C22H30N4O3. The van der Waals surface area contributed by atoms with Gasteiger partial charge in [-0.3, -0.25) is 14.5 Å². The van der Waals surface area contributed by atoms with E-state index < -0.39 is 0 Å². The van der Waals surface area contributed by atoms with E-state index >= 15 is 0 Å². The molecule has 7 heteroatoms. The molecule has 0 radical (unpaired) electrons. The van der Waals surface area contributed by atoms with Crippen LogP contribution in [0, 0.1) is 0 Å². The highest BCUT2D eigenvalue weighted by Gasteiger charge is 2.30. The van der Waals surface area contributed by atoms with Crippen molar-refractivity contribution in [2.24, 2.45) is 0 Å². The molecule has 29 heavy (non-hydrogen) atoms. The zero-order chi connectivity index (χ0) is 20.2. The zero-order valence-electron chi connectivity index (χ0n) is 17.1. The number of carbonyl (C=O) groups excluding carboxylic acids is 2. The Morgan fingerprint density at radius 3 is 2.72 bits per heavy atom. The molecule has 2 aromatic rings. The van der Waals surface area contributed by atoms with E-state index in [4.69, 9.17) is 4.74 Å². The summed E-state index contributed by atoms with van der Waals surface area (Å²) in [5, 5.41) is 4.14. The smallest absolute Gasteiger partial charge is 0.251 e. The lowest BCUT2D eigenvalue weighted by molar-refractivity contribution is -0.142. The summed E-state index contributed by atoms with van der Waals surface area (Å²) in [4.78, 5) is 28.9. The Morgan fingerprint density at radius 1 is 1.17 bits per heavy atom. The first kappa shape index (κ1) is 19.9. The summed E-state index contributed by atoms with van der Waals surface area (Å²) in [6, 6.07) is 8.11. The van der Waals surface area contributed by atoms with E-state index in [1.165, 1.54) is 5.52 Å². The van der Waals surface area contributed by atoms with Gasteiger partial charge in [-0.2, -0.15) is 0 Å². The molecule has 1 aromatic carbocycles. The number of hydrogen-bond donors (Lipinski definition) is 1. The number of nitrogens with one attached hydrogen (secondary N) is 1. The van der Waals surface area contributed by atoms with Gasteiger partial charge in [-0.25, -0.2) is 0 Å². The summed E-state index contributed by atoms with van der Waals surface area (Å²) in [7, 11) is 0. The van der Waals surface area contributed by atoms with Crippen LogP contribution in [0.15, 0.2) is 30.5 Å². The first-order valence-electron chi connectivity index (χ1n) is 10.7. The van der Waals surface area contributed by atoms with E-state index in [0.717, 1.165) is 43.5 Å². The van der Waals surface area contributed by atoms with Crippen molar-refractivity contribution in [2.75, 3.05) is 44.6 Å². The molecule has 0 aliphatic carbocycles. The molecule has 2 fully saturated rings. The quantitative estimate of drug-likeness (QED) is 0.811. The largest absolute Gasteiger partial charge is 0.368 e. The van der Waals surface area contributed by atoms with Gasteiger partial charge in [0.15, 0.2) is 0 Å². The van der Waals surface area contributed by atoms with Crippen molar-refractivity contribution in [3.63, 3.8) is 0 Å². The standard InChI is InChI=1S/C22H30N4O3/c1-2-25-10-7-17-16-18(5-6-19(17)25)23-21(27)8-9-24-11-13-26(14-12-24)22(28)20-4-3-15-29-20/h5-7,10,16,20H,2-4,8-9,11-15H2,1H3,(H,23,27)/t20-/m1/s1. The Hall–Kier alpha value is -2.38. The third kappa shape index (κ3) is 4.62. The molecule has 4 rings (SSSR count). The minimum atomic E-state index is -0.237. The molecule has 7 nitrogen and oxygen atoms in total. The number of nitrogens with zero attached hydrogens (tertiary/aromatic N) is 3. The molecule has 2 aliphatic rings. The molecule has 1 N–H and O–H groups in total. The number of anilines is 1. The number of fused-ring (bicyclic) bond motifs is 1. The molecular weight excluding hydrogens is 368 g/mol. The minimum absolute atomic E-state index is 0.0251. The average Bonchev–Trinajstić information content (AvgIpc) is 3.42. The molecule has 0 spiro atoms. The molecule has 156 valence electrons. The number of aromatic nitrogens is 1. The predicted octanol–water partition coefficient (Wildman–Crippen LogP) is 2.31. The second-order valence-corrected chi connectivity index (χ2v) is 7.84. The van der Waals surface area contributed by atoms with Gasteiger partial charge in [0.05, 0.1) is 0 Å². The fourth-order valence-corrected chi connectivity index (χ4v) is 4.20. The van der Waals surface area contributed by atoms with Crippen LogP contribution in [-0.4, -0.2) is 71.6 Å². The van der Waals surface area contributed by atoms with Crippen LogP contribution in [0.4, 0.5) is 5.69 Å². The van der Waals surface area contributed by atoms with Crippen LogP contribution in [0.25, 0.3) is 10.9 Å². The van der Waals surface area contributed by atoms with Crippen LogP contribution in [0.2, 0.25) is 0 Å². The average molecular weight is 399 g/mol. The summed E-state index contributed by atoms with van der Waals surface area (Å²) in [6.07, 6.45) is 4.10. The zero-order valence-corrected chi connectivity index (χ0v) is 17.1. The highest BCUT2D eigenvalue weighted by Crippen LogP contribution is 2.21. The summed E-state index contributed by atoms with van der Waals surface area (Å²) in [6.45, 7) is 7.50. The van der Waals surface area contributed by atoms with Crippen LogP contribution in [0.5, 0.6) is 0 Å². The van der Waals surface area contributed by atoms with Crippen molar-refractivity contribution in [2.45, 2.75) is 38.8 Å². The fraction of sp³-hybridized carbons (Fsp3) is 0.545. The fourth-order valence-electron chi connectivity index (χ4n) is 4.20. The maximum atomic E-state index is 12.4. The molecule has 1 atom stereocenters. The van der Waals surface area contributed by atoms with Gasteiger partial charge in [0.25, 0.3) is 5.91 Å². The molecule has 3 heterocycles. The monoisotopic (exact) mass is 398 g/mol. The van der Waals surface area contributed by atoms with Crippen LogP contribution < -0.4 is 5.32 Å². The Bertz CT molecular complexity index is 864. The number of carbonyl (C=O) groups is 2. The van der Waals surface area contributed by atoms with E-state index in [1.807, 2.05) is 17.0 Å². The van der Waals surface area contributed by atoms with Gasteiger partial charge in [0.1, 0.15) is 6.10 Å². The molecule has 2 aliphatic heterocycles. The summed E-state index contributed by atoms with van der Waals surface area (Å²) in [5.41, 5.74) is 2.02. The van der Waals surface area contributed by atoms with Crippen molar-refractivity contribution >= 4 is 28.4 Å². The van der Waals surface area contributed by atoms with Crippen molar-refractivity contribution in [1.29, 1.82) is 0 Å². The Kier molecular flexibility index (Phi) is 6.16. The van der Waals surface area contributed by atoms with Crippen LogP contribution in [0.3, 0.4) is 0 Å². The highest BCUT2D eigenvalue weighted by atomic mass is 16.5. The Labute approximate surface area is 171 Å². The first-order valence-corrected chi connectivity index (χ1v) is 10.7. The molecule has 2 amide bonds. The van der Waals surface area contributed by atoms with Gasteiger partial charge < -0.3 is 19.5 Å². The lowest BCUT2D eigenvalue weighted by Crippen LogP contribution is -2.51. The Balaban J connectivity index is 1.21. The summed E-state index contributed by atoms with van der Waals surface area (Å²) >= 11 is 0. The van der Waals surface area contributed by atoms with E-state index in [-0.39, 0.29) is 17.9 Å². The number of hydrogen-bond acceptors (Lipinski definition) is 4. The van der Waals surface area contributed by atoms with Gasteiger partial charge in [0.2, 0.25) is 5.91 Å². The SMILES string of the molecule is CCn1ccc2cc(NC(=O)CCN3CCN(C(=O)[C@H]4CCCO4)CC3)ccc21. The third-order valence-corrected chi connectivity index (χ3v) is 5.94. The normalized spacial score (nSPS) is 20.3. The van der Waals surface area contributed by atoms with Crippen molar-refractivity contribution < 1.29 is 14.3 Å². The number of aryl methyl sites for hydroxylation is 1. The summed E-state index contributed by atoms with van der Waals surface area (Å²) in [5.74, 6) is 0.157. The third-order valence-electron chi connectivity index (χ3n) is 5.94. The lowest BCUT2D eigenvalue weighted by atomic mass is 10.2. The van der Waals surface area contributed by atoms with Gasteiger partial charge in [0, 0.05) is 75.1 Å². The van der Waals surface area contributed by atoms with E-state index in [0.29, 0.717) is 32.7 Å². The number of amides is 2. The van der Waals surface area contributed by atoms with Crippen molar-refractivity contribution in [1.82, 2.24) is 14.4 Å². The van der Waals surface area contributed by atoms with E-state index in [2.05, 4.69) is 40.0 Å². The molecule has 0 saturated carbocycles. The number of benzene rings is 1. The van der Waals surface area contributed by atoms with Gasteiger partial charge >= 0.3 is 0 Å². The topological polar surface area (TPSA) is 66.8 Å². The first-order chi connectivity index (χ1) is 14.1. The number of piperazine rings is 1. The van der Waals surface area contributed by atoms with Gasteiger partial charge in [-0.05, 0) is 44.0 Å². The molecule has 1 aromatic heterocycles. The van der Waals surface area contributed by atoms with Crippen LogP contribution in [-0.2, 0) is 20.9 Å². The van der Waals surface area contributed by atoms with Crippen molar-refractivity contribution in [3.05, 3.63) is 30.5 Å². The molecule has 0 bridgehead atoms. The number of ether oxygens (including phenoxy) is 1. The van der Waals surface area contributed by atoms with Gasteiger partial charge in [-0.15, -0.1) is 0 Å². The highest BCUT2D eigenvalue weighted by molar-refractivity contribution is 5.94. The second kappa shape index (κ2) is 8.97. The molecule has 0 unspecified atom stereocenters.